The minimum Gasteiger partial charge on any atom is -0.378 e. The van der Waals surface area contributed by atoms with E-state index in [9.17, 15) is 18.0 Å². The summed E-state index contributed by atoms with van der Waals surface area (Å²) in [5.74, 6) is -1.58. The van der Waals surface area contributed by atoms with Gasteiger partial charge in [-0.3, -0.25) is 4.79 Å². The minimum atomic E-state index is -4.49. The van der Waals surface area contributed by atoms with E-state index in [4.69, 9.17) is 10.00 Å². The molecule has 0 aliphatic carbocycles. The number of carbonyl (C=O) groups is 1. The second kappa shape index (κ2) is 6.27. The molecular formula is C15H14F3NO2. The fourth-order valence-electron chi connectivity index (χ4n) is 2.37. The molecule has 2 rings (SSSR count). The maximum absolute atomic E-state index is 12.7. The van der Waals surface area contributed by atoms with Crippen LogP contribution in [0.5, 0.6) is 0 Å². The molecule has 1 aromatic carbocycles. The van der Waals surface area contributed by atoms with Gasteiger partial charge in [0, 0.05) is 13.0 Å². The maximum Gasteiger partial charge on any atom is 0.416 e. The van der Waals surface area contributed by atoms with E-state index in [2.05, 4.69) is 0 Å². The van der Waals surface area contributed by atoms with Crippen molar-refractivity contribution in [2.75, 3.05) is 6.61 Å². The maximum atomic E-state index is 12.7. The van der Waals surface area contributed by atoms with Crippen LogP contribution in [0.15, 0.2) is 24.3 Å². The molecule has 1 aliphatic rings. The largest absolute Gasteiger partial charge is 0.416 e. The highest BCUT2D eigenvalue weighted by Gasteiger charge is 2.32. The minimum absolute atomic E-state index is 0.0640. The van der Waals surface area contributed by atoms with E-state index in [0.29, 0.717) is 6.61 Å². The summed E-state index contributed by atoms with van der Waals surface area (Å²) in [4.78, 5) is 12.1. The molecule has 112 valence electrons. The molecule has 0 amide bonds. The Morgan fingerprint density at radius 1 is 1.48 bits per heavy atom. The normalized spacial score (nSPS) is 20.0. The van der Waals surface area contributed by atoms with Crippen LogP contribution in [0.4, 0.5) is 13.2 Å². The molecule has 6 heteroatoms. The average Bonchev–Trinajstić information content (AvgIpc) is 2.92. The highest BCUT2D eigenvalue weighted by molar-refractivity contribution is 5.88. The van der Waals surface area contributed by atoms with Crippen LogP contribution in [0.25, 0.3) is 0 Å². The van der Waals surface area contributed by atoms with Gasteiger partial charge in [-0.25, -0.2) is 0 Å². The number of nitrogens with zero attached hydrogens (tertiary/aromatic N) is 1. The molecule has 1 aliphatic heterocycles. The van der Waals surface area contributed by atoms with Gasteiger partial charge in [0.2, 0.25) is 0 Å². The quantitative estimate of drug-likeness (QED) is 0.855. The molecule has 1 heterocycles. The monoisotopic (exact) mass is 297 g/mol. The molecule has 1 fully saturated rings. The Bertz CT molecular complexity index is 557. The Morgan fingerprint density at radius 2 is 2.24 bits per heavy atom. The van der Waals surface area contributed by atoms with Gasteiger partial charge in [0.1, 0.15) is 5.92 Å². The van der Waals surface area contributed by atoms with Crippen LogP contribution >= 0.6 is 0 Å². The lowest BCUT2D eigenvalue weighted by atomic mass is 9.91. The van der Waals surface area contributed by atoms with Gasteiger partial charge in [-0.15, -0.1) is 0 Å². The van der Waals surface area contributed by atoms with E-state index in [1.54, 1.807) is 6.07 Å². The molecule has 3 nitrogen and oxygen atoms in total. The van der Waals surface area contributed by atoms with Crippen molar-refractivity contribution in [1.29, 1.82) is 5.26 Å². The van der Waals surface area contributed by atoms with Crippen molar-refractivity contribution in [2.45, 2.75) is 37.5 Å². The Morgan fingerprint density at radius 3 is 2.81 bits per heavy atom. The Balaban J connectivity index is 2.17. The number of benzene rings is 1. The van der Waals surface area contributed by atoms with Crippen molar-refractivity contribution < 1.29 is 22.7 Å². The molecule has 0 aromatic heterocycles. The van der Waals surface area contributed by atoms with Crippen molar-refractivity contribution in [2.24, 2.45) is 0 Å². The van der Waals surface area contributed by atoms with Crippen molar-refractivity contribution in [3.63, 3.8) is 0 Å². The van der Waals surface area contributed by atoms with E-state index in [1.165, 1.54) is 12.1 Å². The number of hydrogen-bond donors (Lipinski definition) is 0. The van der Waals surface area contributed by atoms with E-state index >= 15 is 0 Å². The van der Waals surface area contributed by atoms with E-state index in [-0.39, 0.29) is 18.1 Å². The zero-order valence-corrected chi connectivity index (χ0v) is 11.2. The lowest BCUT2D eigenvalue weighted by Crippen LogP contribution is -2.18. The van der Waals surface area contributed by atoms with Crippen LogP contribution < -0.4 is 0 Å². The van der Waals surface area contributed by atoms with Gasteiger partial charge in [-0.2, -0.15) is 18.4 Å². The van der Waals surface area contributed by atoms with Crippen LogP contribution in [0.2, 0.25) is 0 Å². The van der Waals surface area contributed by atoms with Gasteiger partial charge in [-0.05, 0) is 24.5 Å². The van der Waals surface area contributed by atoms with Crippen LogP contribution in [0, 0.1) is 11.3 Å². The highest BCUT2D eigenvalue weighted by atomic mass is 19.4. The number of alkyl halides is 3. The lowest BCUT2D eigenvalue weighted by Gasteiger charge is -2.14. The van der Waals surface area contributed by atoms with Crippen LogP contribution in [-0.4, -0.2) is 18.5 Å². The molecule has 1 saturated heterocycles. The first-order valence-electron chi connectivity index (χ1n) is 6.63. The number of ether oxygens (including phenoxy) is 1. The van der Waals surface area contributed by atoms with Crippen molar-refractivity contribution >= 4 is 5.78 Å². The standard InChI is InChI=1S/C15H14F3NO2/c16-15(17,18)11-4-1-3-10(7-11)13(9-19)14(20)8-12-5-2-6-21-12/h1,3-4,7,12-13H,2,5-6,8H2. The lowest BCUT2D eigenvalue weighted by molar-refractivity contribution is -0.137. The van der Waals surface area contributed by atoms with Crippen molar-refractivity contribution in [1.82, 2.24) is 0 Å². The number of halogens is 3. The second-order valence-electron chi connectivity index (χ2n) is 4.99. The van der Waals surface area contributed by atoms with Gasteiger partial charge in [0.25, 0.3) is 0 Å². The van der Waals surface area contributed by atoms with Gasteiger partial charge in [-0.1, -0.05) is 18.2 Å². The third-order valence-electron chi connectivity index (χ3n) is 3.45. The highest BCUT2D eigenvalue weighted by Crippen LogP contribution is 2.31. The number of rotatable bonds is 4. The third-order valence-corrected chi connectivity index (χ3v) is 3.45. The summed E-state index contributed by atoms with van der Waals surface area (Å²) in [7, 11) is 0. The predicted molar refractivity (Wildman–Crippen MR) is 68.4 cm³/mol. The first kappa shape index (κ1) is 15.5. The van der Waals surface area contributed by atoms with Crippen molar-refractivity contribution in [3.8, 4) is 6.07 Å². The summed E-state index contributed by atoms with van der Waals surface area (Å²) in [6.07, 6.45) is -3.05. The summed E-state index contributed by atoms with van der Waals surface area (Å²) in [6.45, 7) is 0.582. The molecule has 2 atom stereocenters. The first-order valence-corrected chi connectivity index (χ1v) is 6.63. The predicted octanol–water partition coefficient (Wildman–Crippen LogP) is 3.45. The van der Waals surface area contributed by atoms with Gasteiger partial charge in [0.15, 0.2) is 5.78 Å². The topological polar surface area (TPSA) is 50.1 Å². The summed E-state index contributed by atoms with van der Waals surface area (Å²) < 4.78 is 43.4. The Labute approximate surface area is 120 Å². The number of carbonyl (C=O) groups excluding carboxylic acids is 1. The smallest absolute Gasteiger partial charge is 0.378 e. The fourth-order valence-corrected chi connectivity index (χ4v) is 2.37. The first-order chi connectivity index (χ1) is 9.91. The molecule has 21 heavy (non-hydrogen) atoms. The van der Waals surface area contributed by atoms with Crippen LogP contribution in [-0.2, 0) is 15.7 Å². The zero-order valence-electron chi connectivity index (χ0n) is 11.2. The zero-order chi connectivity index (χ0) is 15.5. The van der Waals surface area contributed by atoms with Gasteiger partial charge in [0.05, 0.1) is 17.7 Å². The van der Waals surface area contributed by atoms with E-state index < -0.39 is 23.4 Å². The molecule has 0 N–H and O–H groups in total. The van der Waals surface area contributed by atoms with Crippen molar-refractivity contribution in [3.05, 3.63) is 35.4 Å². The van der Waals surface area contributed by atoms with Crippen LogP contribution in [0.3, 0.4) is 0 Å². The van der Waals surface area contributed by atoms with Crippen LogP contribution in [0.1, 0.15) is 36.3 Å². The summed E-state index contributed by atoms with van der Waals surface area (Å²) in [5, 5.41) is 9.12. The molecule has 2 unspecified atom stereocenters. The summed E-state index contributed by atoms with van der Waals surface area (Å²) in [6, 6.07) is 6.16. The average molecular weight is 297 g/mol. The Hall–Kier alpha value is -1.87. The molecule has 0 saturated carbocycles. The summed E-state index contributed by atoms with van der Waals surface area (Å²) in [5.41, 5.74) is -0.777. The van der Waals surface area contributed by atoms with E-state index in [0.717, 1.165) is 25.0 Å². The summed E-state index contributed by atoms with van der Waals surface area (Å²) >= 11 is 0. The van der Waals surface area contributed by atoms with E-state index in [1.807, 2.05) is 0 Å². The molecule has 0 radical (unpaired) electrons. The SMILES string of the molecule is N#CC(C(=O)CC1CCCO1)c1cccc(C(F)(F)F)c1. The third kappa shape index (κ3) is 3.82. The molecule has 0 spiro atoms. The fraction of sp³-hybridized carbons (Fsp3) is 0.467. The second-order valence-corrected chi connectivity index (χ2v) is 4.99. The number of nitriles is 1. The number of Topliss-reactive ketones (excluding diaryl/α,β-unsaturated/α-hetero) is 1. The van der Waals surface area contributed by atoms with Gasteiger partial charge < -0.3 is 4.74 Å². The molecular weight excluding hydrogens is 283 g/mol. The Kier molecular flexibility index (Phi) is 4.63. The number of ketones is 1. The number of hydrogen-bond acceptors (Lipinski definition) is 3. The molecule has 1 aromatic rings. The molecule has 0 bridgehead atoms. The van der Waals surface area contributed by atoms with Gasteiger partial charge >= 0.3 is 6.18 Å².